The third-order valence-corrected chi connectivity index (χ3v) is 10.7. The Labute approximate surface area is 387 Å². The van der Waals surface area contributed by atoms with Crippen molar-refractivity contribution in [3.05, 3.63) is 83.2 Å². The summed E-state index contributed by atoms with van der Waals surface area (Å²) < 4.78 is 17.5. The first-order valence-electron chi connectivity index (χ1n) is 21.6. The number of aromatic nitrogens is 2. The van der Waals surface area contributed by atoms with Gasteiger partial charge >= 0.3 is 5.97 Å². The molecule has 360 valence electrons. The van der Waals surface area contributed by atoms with Gasteiger partial charge in [-0.25, -0.2) is 14.8 Å². The lowest BCUT2D eigenvalue weighted by Gasteiger charge is -2.33. The number of amides is 4. The molecule has 13 N–H and O–H groups in total. The summed E-state index contributed by atoms with van der Waals surface area (Å²) in [6.45, 7) is 5.59. The van der Waals surface area contributed by atoms with E-state index in [0.29, 0.717) is 28.4 Å². The van der Waals surface area contributed by atoms with Crippen molar-refractivity contribution in [1.29, 1.82) is 0 Å². The van der Waals surface area contributed by atoms with Crippen LogP contribution in [0.1, 0.15) is 60.4 Å². The number of likely N-dealkylation sites (N-methyl/N-ethyl adjacent to an activating group) is 1. The number of ether oxygens (including phenoxy) is 3. The molecule has 21 nitrogen and oxygen atoms in total. The Balaban J connectivity index is 1.60. The van der Waals surface area contributed by atoms with Gasteiger partial charge in [0.25, 0.3) is 5.91 Å². The van der Waals surface area contributed by atoms with E-state index in [1.54, 1.807) is 31.2 Å². The SMILES string of the molecule is Cc1nc(-c2ccc(OC(C)C)cc2)ncc1C(=O)N[C@@H](CCN)C(=O)N(C)C1C(=O)N[C@@H](C)C(=O)NC(C(=O)O)Cc2ccc(OC[C@H](O)CN)c(c2)-c2cc1cc(OC[C@H](O)CN)c2O. The molecule has 4 aromatic rings. The number of carbonyl (C=O) groups is 5. The number of aliphatic hydroxyl groups is 2. The standard InChI is InChI=1S/C46H59N9O12/c1-23(2)67-31-9-7-27(8-10-31)41-50-20-34(24(3)51-41)43(60)53-35(12-13-47)45(62)55(5)39-28-16-33(40(58)38(17-28)66-22-30(57)19-49)32-14-26(6-11-37(32)65-21-29(56)18-48)15-36(46(63)64)54-42(59)25(4)52-44(39)61/h6-11,14,16-17,20,23,25,29-30,35-36,39,56-58H,12-13,15,18-19,21-22,47-49H2,1-5H3,(H,52,61)(H,53,60)(H,54,59)(H,63,64)/t25-,29+,30+,35-,36?,39?/m0/s1. The van der Waals surface area contributed by atoms with Crippen molar-refractivity contribution in [2.45, 2.75) is 83.0 Å². The zero-order valence-electron chi connectivity index (χ0n) is 37.9. The number of aryl methyl sites for hydroxylation is 1. The Bertz CT molecular complexity index is 2420. The number of nitrogens with zero attached hydrogens (tertiary/aromatic N) is 3. The van der Waals surface area contributed by atoms with E-state index in [1.165, 1.54) is 50.5 Å². The van der Waals surface area contributed by atoms with E-state index in [-0.39, 0.29) is 78.9 Å². The van der Waals surface area contributed by atoms with Gasteiger partial charge in [-0.2, -0.15) is 0 Å². The maximum Gasteiger partial charge on any atom is 0.326 e. The molecule has 0 saturated carbocycles. The number of hydrogen-bond acceptors (Lipinski definition) is 16. The molecular weight excluding hydrogens is 871 g/mol. The molecule has 1 aliphatic heterocycles. The lowest BCUT2D eigenvalue weighted by Crippen LogP contribution is -2.55. The highest BCUT2D eigenvalue weighted by Gasteiger charge is 2.37. The number of aliphatic hydroxyl groups excluding tert-OH is 2. The average molecular weight is 930 g/mol. The third-order valence-electron chi connectivity index (χ3n) is 10.7. The molecule has 0 fully saturated rings. The first-order valence-corrected chi connectivity index (χ1v) is 21.6. The van der Waals surface area contributed by atoms with E-state index in [4.69, 9.17) is 31.4 Å². The second-order valence-electron chi connectivity index (χ2n) is 16.3. The van der Waals surface area contributed by atoms with Crippen LogP contribution in [0.3, 0.4) is 0 Å². The van der Waals surface area contributed by atoms with Crippen molar-refractivity contribution < 1.29 is 58.6 Å². The first-order chi connectivity index (χ1) is 31.8. The normalized spacial score (nSPS) is 17.5. The van der Waals surface area contributed by atoms with Crippen LogP contribution in [-0.2, 0) is 25.6 Å². The second kappa shape index (κ2) is 23.0. The summed E-state index contributed by atoms with van der Waals surface area (Å²) in [6, 6.07) is 8.41. The molecule has 6 atom stereocenters. The molecule has 0 aliphatic carbocycles. The minimum absolute atomic E-state index is 0.00581. The van der Waals surface area contributed by atoms with Gasteiger partial charge in [0.05, 0.1) is 17.4 Å². The fourth-order valence-corrected chi connectivity index (χ4v) is 7.11. The van der Waals surface area contributed by atoms with Crippen molar-refractivity contribution in [3.8, 4) is 45.5 Å². The third kappa shape index (κ3) is 12.9. The first kappa shape index (κ1) is 51.1. The predicted molar refractivity (Wildman–Crippen MR) is 244 cm³/mol. The molecule has 0 radical (unpaired) electrons. The molecule has 2 unspecified atom stereocenters. The topological polar surface area (TPSA) is 337 Å². The summed E-state index contributed by atoms with van der Waals surface area (Å²) in [6.07, 6.45) is -1.34. The summed E-state index contributed by atoms with van der Waals surface area (Å²) in [5.41, 5.74) is 18.7. The Kier molecular flexibility index (Phi) is 17.5. The van der Waals surface area contributed by atoms with Crippen LogP contribution in [0.4, 0.5) is 0 Å². The summed E-state index contributed by atoms with van der Waals surface area (Å²) in [7, 11) is 1.28. The fraction of sp³-hybridized carbons (Fsp3) is 0.413. The number of phenols is 1. The van der Waals surface area contributed by atoms with E-state index in [9.17, 15) is 44.4 Å². The molecule has 67 heavy (non-hydrogen) atoms. The molecule has 4 bridgehead atoms. The number of benzene rings is 3. The van der Waals surface area contributed by atoms with Crippen molar-refractivity contribution >= 4 is 29.6 Å². The number of carboxylic acids is 1. The van der Waals surface area contributed by atoms with Crippen molar-refractivity contribution in [3.63, 3.8) is 0 Å². The van der Waals surface area contributed by atoms with Gasteiger partial charge < -0.3 is 72.7 Å². The van der Waals surface area contributed by atoms with Gasteiger partial charge in [0.2, 0.25) is 17.7 Å². The number of fused-ring (bicyclic) bond motifs is 5. The number of hydrogen-bond donors (Lipinski definition) is 10. The second-order valence-corrected chi connectivity index (χ2v) is 16.3. The highest BCUT2D eigenvalue weighted by molar-refractivity contribution is 6.00. The van der Waals surface area contributed by atoms with Crippen LogP contribution in [-0.4, -0.2) is 141 Å². The van der Waals surface area contributed by atoms with Crippen LogP contribution in [0.2, 0.25) is 0 Å². The van der Waals surface area contributed by atoms with Crippen LogP contribution in [0.25, 0.3) is 22.5 Å². The molecule has 0 spiro atoms. The summed E-state index contributed by atoms with van der Waals surface area (Å²) in [5.74, 6) is -4.42. The maximum absolute atomic E-state index is 14.7. The Morgan fingerprint density at radius 1 is 0.910 bits per heavy atom. The van der Waals surface area contributed by atoms with Crippen molar-refractivity contribution in [2.75, 3.05) is 39.9 Å². The quantitative estimate of drug-likeness (QED) is 0.0641. The summed E-state index contributed by atoms with van der Waals surface area (Å²) >= 11 is 0. The van der Waals surface area contributed by atoms with Crippen LogP contribution in [0, 0.1) is 6.92 Å². The van der Waals surface area contributed by atoms with E-state index >= 15 is 0 Å². The largest absolute Gasteiger partial charge is 0.504 e. The summed E-state index contributed by atoms with van der Waals surface area (Å²) in [4.78, 5) is 79.1. The number of nitrogens with one attached hydrogen (secondary N) is 3. The number of carbonyl (C=O) groups excluding carboxylic acids is 4. The van der Waals surface area contributed by atoms with Crippen LogP contribution < -0.4 is 47.4 Å². The van der Waals surface area contributed by atoms with E-state index in [1.807, 2.05) is 13.8 Å². The Morgan fingerprint density at radius 3 is 2.16 bits per heavy atom. The monoisotopic (exact) mass is 929 g/mol. The minimum atomic E-state index is -1.66. The average Bonchev–Trinajstić information content (AvgIpc) is 3.29. The van der Waals surface area contributed by atoms with Gasteiger partial charge in [-0.1, -0.05) is 6.07 Å². The van der Waals surface area contributed by atoms with Crippen molar-refractivity contribution in [1.82, 2.24) is 30.8 Å². The molecule has 3 aromatic carbocycles. The van der Waals surface area contributed by atoms with Gasteiger partial charge in [-0.15, -0.1) is 0 Å². The smallest absolute Gasteiger partial charge is 0.326 e. The van der Waals surface area contributed by atoms with Gasteiger partial charge in [0.1, 0.15) is 61.1 Å². The van der Waals surface area contributed by atoms with Crippen LogP contribution in [0.15, 0.2) is 60.8 Å². The maximum atomic E-state index is 14.7. The molecule has 21 heteroatoms. The molecule has 1 aromatic heterocycles. The number of rotatable bonds is 18. The lowest BCUT2D eigenvalue weighted by atomic mass is 9.93. The molecule has 2 heterocycles. The molecule has 0 saturated heterocycles. The molecule has 5 rings (SSSR count). The molecule has 4 amide bonds. The van der Waals surface area contributed by atoms with Gasteiger partial charge in [-0.05, 0) is 100 Å². The molecular formula is C46H59N9O12. The Morgan fingerprint density at radius 2 is 1.57 bits per heavy atom. The van der Waals surface area contributed by atoms with E-state index in [2.05, 4.69) is 25.9 Å². The van der Waals surface area contributed by atoms with Crippen LogP contribution >= 0.6 is 0 Å². The highest BCUT2D eigenvalue weighted by atomic mass is 16.5. The van der Waals surface area contributed by atoms with Gasteiger partial charge in [0, 0.05) is 49.4 Å². The van der Waals surface area contributed by atoms with E-state index < -0.39 is 78.3 Å². The number of nitrogens with two attached hydrogens (primary N) is 3. The zero-order valence-corrected chi connectivity index (χ0v) is 37.9. The van der Waals surface area contributed by atoms with Gasteiger partial charge in [-0.3, -0.25) is 19.2 Å². The Hall–Kier alpha value is -6.91. The fourth-order valence-electron chi connectivity index (χ4n) is 7.11. The number of carboxylic acid groups (broad SMARTS) is 1. The predicted octanol–water partition coefficient (Wildman–Crippen LogP) is 0.286. The minimum Gasteiger partial charge on any atom is -0.504 e. The highest BCUT2D eigenvalue weighted by Crippen LogP contribution is 2.45. The van der Waals surface area contributed by atoms with Crippen molar-refractivity contribution in [2.24, 2.45) is 17.2 Å². The number of phenolic OH excluding ortho intramolecular Hbond substituents is 1. The summed E-state index contributed by atoms with van der Waals surface area (Å²) in [5, 5.41) is 50.3. The zero-order chi connectivity index (χ0) is 49.1. The van der Waals surface area contributed by atoms with Gasteiger partial charge in [0.15, 0.2) is 17.3 Å². The molecule has 1 aliphatic rings. The lowest BCUT2D eigenvalue weighted by molar-refractivity contribution is -0.143. The number of aromatic hydroxyl groups is 1. The van der Waals surface area contributed by atoms with E-state index in [0.717, 1.165) is 4.90 Å². The van der Waals surface area contributed by atoms with Crippen LogP contribution in [0.5, 0.6) is 23.0 Å². The number of aliphatic carboxylic acids is 1.